The summed E-state index contributed by atoms with van der Waals surface area (Å²) >= 11 is 3.40. The number of benzene rings is 2. The molecule has 27 heavy (non-hydrogen) atoms. The van der Waals surface area contributed by atoms with Crippen LogP contribution in [0.25, 0.3) is 0 Å². The van der Waals surface area contributed by atoms with Gasteiger partial charge in [-0.2, -0.15) is 0 Å². The van der Waals surface area contributed by atoms with Gasteiger partial charge in [0, 0.05) is 16.2 Å². The molecule has 1 aromatic heterocycles. The summed E-state index contributed by atoms with van der Waals surface area (Å²) in [4.78, 5) is 19.2. The first-order valence-electron chi connectivity index (χ1n) is 7.79. The predicted octanol–water partition coefficient (Wildman–Crippen LogP) is 4.36. The van der Waals surface area contributed by atoms with Crippen molar-refractivity contribution in [1.82, 2.24) is 9.97 Å². The van der Waals surface area contributed by atoms with Crippen LogP contribution in [0.3, 0.4) is 0 Å². The lowest BCUT2D eigenvalue weighted by Crippen LogP contribution is -2.05. The number of nitro groups is 1. The second kappa shape index (κ2) is 7.08. The Kier molecular flexibility index (Phi) is 4.47. The van der Waals surface area contributed by atoms with Gasteiger partial charge in [-0.05, 0) is 40.2 Å². The lowest BCUT2D eigenvalue weighted by molar-refractivity contribution is -0.383. The summed E-state index contributed by atoms with van der Waals surface area (Å²) in [7, 11) is 0. The first-order chi connectivity index (χ1) is 13.1. The van der Waals surface area contributed by atoms with E-state index in [2.05, 4.69) is 36.5 Å². The monoisotopic (exact) mass is 429 g/mol. The Morgan fingerprint density at radius 1 is 1.04 bits per heavy atom. The minimum Gasteiger partial charge on any atom is -0.454 e. The van der Waals surface area contributed by atoms with E-state index in [9.17, 15) is 10.1 Å². The predicted molar refractivity (Wildman–Crippen MR) is 102 cm³/mol. The topological polar surface area (TPSA) is 111 Å². The minimum atomic E-state index is -0.533. The molecule has 0 saturated carbocycles. The molecule has 3 aromatic rings. The SMILES string of the molecule is O=[N+]([O-])c1c(Nc2ccc3c(c2)OCO3)ncnc1Nc1ccccc1Br. The summed E-state index contributed by atoms with van der Waals surface area (Å²) in [6.45, 7) is 0.145. The minimum absolute atomic E-state index is 0.0587. The van der Waals surface area contributed by atoms with Gasteiger partial charge in [0.2, 0.25) is 18.4 Å². The summed E-state index contributed by atoms with van der Waals surface area (Å²) in [5.74, 6) is 1.31. The van der Waals surface area contributed by atoms with Crippen molar-refractivity contribution in [3.05, 3.63) is 63.4 Å². The van der Waals surface area contributed by atoms with Crippen molar-refractivity contribution < 1.29 is 14.4 Å². The van der Waals surface area contributed by atoms with Crippen LogP contribution in [0, 0.1) is 10.1 Å². The molecule has 0 atom stereocenters. The van der Waals surface area contributed by atoms with Crippen molar-refractivity contribution in [1.29, 1.82) is 0 Å². The van der Waals surface area contributed by atoms with E-state index in [1.807, 2.05) is 18.2 Å². The first-order valence-corrected chi connectivity index (χ1v) is 8.59. The van der Waals surface area contributed by atoms with Gasteiger partial charge in [0.1, 0.15) is 6.33 Å². The van der Waals surface area contributed by atoms with E-state index in [0.29, 0.717) is 22.9 Å². The van der Waals surface area contributed by atoms with Crippen molar-refractivity contribution in [3.8, 4) is 11.5 Å². The maximum absolute atomic E-state index is 11.7. The molecule has 9 nitrogen and oxygen atoms in total. The van der Waals surface area contributed by atoms with E-state index in [1.54, 1.807) is 24.3 Å². The van der Waals surface area contributed by atoms with Crippen LogP contribution >= 0.6 is 15.9 Å². The van der Waals surface area contributed by atoms with E-state index in [-0.39, 0.29) is 24.1 Å². The van der Waals surface area contributed by atoms with E-state index in [0.717, 1.165) is 4.47 Å². The molecule has 136 valence electrons. The number of para-hydroxylation sites is 1. The highest BCUT2D eigenvalue weighted by molar-refractivity contribution is 9.10. The molecule has 0 bridgehead atoms. The Morgan fingerprint density at radius 2 is 1.78 bits per heavy atom. The number of hydrogen-bond acceptors (Lipinski definition) is 8. The van der Waals surface area contributed by atoms with Gasteiger partial charge in [-0.3, -0.25) is 10.1 Å². The summed E-state index contributed by atoms with van der Waals surface area (Å²) < 4.78 is 11.3. The number of aromatic nitrogens is 2. The van der Waals surface area contributed by atoms with Gasteiger partial charge >= 0.3 is 5.69 Å². The Morgan fingerprint density at radius 3 is 2.56 bits per heavy atom. The van der Waals surface area contributed by atoms with Crippen LogP contribution in [-0.2, 0) is 0 Å². The number of halogens is 1. The normalized spacial score (nSPS) is 11.9. The third-order valence-corrected chi connectivity index (χ3v) is 4.46. The fraction of sp³-hybridized carbons (Fsp3) is 0.0588. The zero-order chi connectivity index (χ0) is 18.8. The second-order valence-electron chi connectivity index (χ2n) is 5.47. The summed E-state index contributed by atoms with van der Waals surface area (Å²) in [6, 6.07) is 12.4. The summed E-state index contributed by atoms with van der Waals surface area (Å²) in [6.07, 6.45) is 1.25. The molecule has 0 spiro atoms. The van der Waals surface area contributed by atoms with Crippen molar-refractivity contribution in [2.75, 3.05) is 17.4 Å². The molecule has 2 heterocycles. The number of anilines is 4. The lowest BCUT2D eigenvalue weighted by atomic mass is 10.2. The van der Waals surface area contributed by atoms with Crippen LogP contribution in [0.1, 0.15) is 0 Å². The molecule has 0 amide bonds. The molecular weight excluding hydrogens is 418 g/mol. The van der Waals surface area contributed by atoms with Gasteiger partial charge in [0.25, 0.3) is 0 Å². The molecule has 0 radical (unpaired) electrons. The Bertz CT molecular complexity index is 1030. The molecule has 4 rings (SSSR count). The van der Waals surface area contributed by atoms with Crippen LogP contribution in [0.2, 0.25) is 0 Å². The van der Waals surface area contributed by atoms with Gasteiger partial charge in [-0.15, -0.1) is 0 Å². The molecule has 0 aliphatic carbocycles. The fourth-order valence-electron chi connectivity index (χ4n) is 2.54. The third-order valence-electron chi connectivity index (χ3n) is 3.77. The van der Waals surface area contributed by atoms with Crippen molar-refractivity contribution in [2.24, 2.45) is 0 Å². The number of rotatable bonds is 5. The highest BCUT2D eigenvalue weighted by Crippen LogP contribution is 2.38. The van der Waals surface area contributed by atoms with Crippen molar-refractivity contribution >= 4 is 44.6 Å². The van der Waals surface area contributed by atoms with Gasteiger partial charge in [-0.1, -0.05) is 12.1 Å². The molecule has 10 heteroatoms. The van der Waals surface area contributed by atoms with Gasteiger partial charge in [0.05, 0.1) is 10.6 Å². The Hall–Kier alpha value is -3.40. The number of nitrogens with zero attached hydrogens (tertiary/aromatic N) is 3. The molecule has 2 aromatic carbocycles. The fourth-order valence-corrected chi connectivity index (χ4v) is 2.92. The average molecular weight is 430 g/mol. The number of ether oxygens (including phenoxy) is 2. The van der Waals surface area contributed by atoms with E-state index in [4.69, 9.17) is 9.47 Å². The lowest BCUT2D eigenvalue weighted by Gasteiger charge is -2.11. The molecule has 0 unspecified atom stereocenters. The van der Waals surface area contributed by atoms with E-state index in [1.165, 1.54) is 6.33 Å². The zero-order valence-corrected chi connectivity index (χ0v) is 15.3. The molecule has 0 saturated heterocycles. The summed E-state index contributed by atoms with van der Waals surface area (Å²) in [5, 5.41) is 17.6. The Balaban J connectivity index is 1.69. The van der Waals surface area contributed by atoms with Crippen molar-refractivity contribution in [3.63, 3.8) is 0 Å². The van der Waals surface area contributed by atoms with Crippen LogP contribution < -0.4 is 20.1 Å². The quantitative estimate of drug-likeness (QED) is 0.454. The third kappa shape index (κ3) is 3.47. The van der Waals surface area contributed by atoms with Gasteiger partial charge in [-0.25, -0.2) is 9.97 Å². The van der Waals surface area contributed by atoms with Crippen LogP contribution in [0.15, 0.2) is 53.3 Å². The zero-order valence-electron chi connectivity index (χ0n) is 13.7. The van der Waals surface area contributed by atoms with Crippen molar-refractivity contribution in [2.45, 2.75) is 0 Å². The smallest absolute Gasteiger partial charge is 0.353 e. The first kappa shape index (κ1) is 17.0. The highest BCUT2D eigenvalue weighted by Gasteiger charge is 2.24. The maximum Gasteiger partial charge on any atom is 0.353 e. The number of nitrogens with one attached hydrogen (secondary N) is 2. The average Bonchev–Trinajstić information content (AvgIpc) is 3.11. The van der Waals surface area contributed by atoms with Crippen LogP contribution in [0.5, 0.6) is 11.5 Å². The molecule has 1 aliphatic rings. The van der Waals surface area contributed by atoms with Crippen LogP contribution in [-0.4, -0.2) is 21.7 Å². The van der Waals surface area contributed by atoms with Gasteiger partial charge < -0.3 is 20.1 Å². The standard InChI is InChI=1S/C17H12BrN5O4/c18-11-3-1-2-4-12(11)22-17-15(23(24)25)16(19-8-20-17)21-10-5-6-13-14(7-10)27-9-26-13/h1-8H,9H2,(H2,19,20,21,22). The largest absolute Gasteiger partial charge is 0.454 e. The van der Waals surface area contributed by atoms with Crippen LogP contribution in [0.4, 0.5) is 28.7 Å². The van der Waals surface area contributed by atoms with Gasteiger partial charge in [0.15, 0.2) is 11.5 Å². The second-order valence-corrected chi connectivity index (χ2v) is 6.33. The Labute approximate surface area is 161 Å². The maximum atomic E-state index is 11.7. The number of hydrogen-bond donors (Lipinski definition) is 2. The summed E-state index contributed by atoms with van der Waals surface area (Å²) in [5.41, 5.74) is 0.951. The van der Waals surface area contributed by atoms with E-state index < -0.39 is 4.92 Å². The highest BCUT2D eigenvalue weighted by atomic mass is 79.9. The molecule has 2 N–H and O–H groups in total. The molecule has 0 fully saturated rings. The molecule has 1 aliphatic heterocycles. The number of fused-ring (bicyclic) bond motifs is 1. The molecular formula is C17H12BrN5O4. The van der Waals surface area contributed by atoms with E-state index >= 15 is 0 Å².